The predicted octanol–water partition coefficient (Wildman–Crippen LogP) is 4.22. The average molecular weight is 341 g/mol. The highest BCUT2D eigenvalue weighted by molar-refractivity contribution is 5.86. The van der Waals surface area contributed by atoms with Gasteiger partial charge in [0.25, 0.3) is 0 Å². The number of aromatic nitrogens is 5. The maximum Gasteiger partial charge on any atom is 0.234 e. The third-order valence-electron chi connectivity index (χ3n) is 4.34. The van der Waals surface area contributed by atoms with Gasteiger partial charge in [-0.2, -0.15) is 0 Å². The van der Waals surface area contributed by atoms with Crippen LogP contribution in [0.1, 0.15) is 11.6 Å². The highest BCUT2D eigenvalue weighted by atomic mass is 16.3. The van der Waals surface area contributed by atoms with Gasteiger partial charge in [0.05, 0.1) is 11.4 Å². The summed E-state index contributed by atoms with van der Waals surface area (Å²) in [5.74, 6) is 1.31. The van der Waals surface area contributed by atoms with Gasteiger partial charge in [0.15, 0.2) is 11.5 Å². The number of oxazole rings is 1. The van der Waals surface area contributed by atoms with E-state index in [0.717, 1.165) is 39.3 Å². The topological polar surface area (TPSA) is 69.1 Å². The van der Waals surface area contributed by atoms with E-state index in [0.29, 0.717) is 11.7 Å². The van der Waals surface area contributed by atoms with Crippen molar-refractivity contribution >= 4 is 16.9 Å². The Morgan fingerprint density at radius 3 is 2.73 bits per heavy atom. The quantitative estimate of drug-likeness (QED) is 0.481. The van der Waals surface area contributed by atoms with Gasteiger partial charge in [-0.25, -0.2) is 15.0 Å². The van der Waals surface area contributed by atoms with Crippen LogP contribution in [0.3, 0.4) is 0 Å². The first-order valence-electron chi connectivity index (χ1n) is 8.33. The molecule has 6 nitrogen and oxygen atoms in total. The maximum absolute atomic E-state index is 5.60. The number of nitrogens with zero attached hydrogens (tertiary/aromatic N) is 5. The number of benzene rings is 1. The minimum absolute atomic E-state index is 0.655. The van der Waals surface area contributed by atoms with E-state index in [4.69, 9.17) is 9.40 Å². The predicted molar refractivity (Wildman–Crippen MR) is 98.7 cm³/mol. The second-order valence-electron chi connectivity index (χ2n) is 6.20. The van der Waals surface area contributed by atoms with Crippen LogP contribution in [-0.4, -0.2) is 24.3 Å². The molecule has 0 aliphatic carbocycles. The largest absolute Gasteiger partial charge is 0.441 e. The number of aryl methyl sites for hydroxylation is 2. The van der Waals surface area contributed by atoms with Gasteiger partial charge in [-0.3, -0.25) is 9.38 Å². The monoisotopic (exact) mass is 341 g/mol. The minimum atomic E-state index is 0.655. The van der Waals surface area contributed by atoms with Gasteiger partial charge in [-0.1, -0.05) is 0 Å². The van der Waals surface area contributed by atoms with Crippen molar-refractivity contribution in [2.75, 3.05) is 0 Å². The summed E-state index contributed by atoms with van der Waals surface area (Å²) >= 11 is 0. The van der Waals surface area contributed by atoms with Crippen LogP contribution in [0.4, 0.5) is 0 Å². The molecule has 0 fully saturated rings. The zero-order valence-corrected chi connectivity index (χ0v) is 14.3. The highest BCUT2D eigenvalue weighted by Gasteiger charge is 2.17. The van der Waals surface area contributed by atoms with Crippen LogP contribution in [0.5, 0.6) is 0 Å². The normalized spacial score (nSPS) is 11.5. The standard InChI is InChI=1S/C20H15N5O/c1-12-10-14(6-8-21-12)18-19(25-9-3-7-22-20(25)24-18)15-4-5-17-16(11-15)23-13(2)26-17/h3-11H,1-2H3. The Labute approximate surface area is 149 Å². The van der Waals surface area contributed by atoms with Crippen molar-refractivity contribution in [3.05, 3.63) is 66.6 Å². The molecule has 0 N–H and O–H groups in total. The molecule has 0 aliphatic rings. The fourth-order valence-electron chi connectivity index (χ4n) is 3.25. The van der Waals surface area contributed by atoms with Crippen LogP contribution in [-0.2, 0) is 0 Å². The summed E-state index contributed by atoms with van der Waals surface area (Å²) in [6.07, 6.45) is 5.52. The van der Waals surface area contributed by atoms with Crippen molar-refractivity contribution < 1.29 is 4.42 Å². The van der Waals surface area contributed by atoms with Crippen LogP contribution < -0.4 is 0 Å². The Balaban J connectivity index is 1.83. The molecule has 0 aliphatic heterocycles. The Bertz CT molecular complexity index is 1270. The fraction of sp³-hybridized carbons (Fsp3) is 0.100. The van der Waals surface area contributed by atoms with Gasteiger partial charge in [0.2, 0.25) is 5.78 Å². The summed E-state index contributed by atoms with van der Waals surface area (Å²) in [4.78, 5) is 17.9. The Morgan fingerprint density at radius 2 is 1.85 bits per heavy atom. The molecule has 5 rings (SSSR count). The van der Waals surface area contributed by atoms with Crippen LogP contribution in [0.15, 0.2) is 59.4 Å². The number of hydrogen-bond donors (Lipinski definition) is 0. The molecule has 126 valence electrons. The van der Waals surface area contributed by atoms with Gasteiger partial charge in [-0.05, 0) is 43.3 Å². The maximum atomic E-state index is 5.60. The summed E-state index contributed by atoms with van der Waals surface area (Å²) in [5, 5.41) is 0. The summed E-state index contributed by atoms with van der Waals surface area (Å²) in [6, 6.07) is 11.9. The zero-order valence-electron chi connectivity index (χ0n) is 14.3. The van der Waals surface area contributed by atoms with E-state index in [-0.39, 0.29) is 0 Å². The Kier molecular flexibility index (Phi) is 3.12. The third kappa shape index (κ3) is 2.27. The number of pyridine rings is 1. The van der Waals surface area contributed by atoms with Crippen molar-refractivity contribution in [3.63, 3.8) is 0 Å². The van der Waals surface area contributed by atoms with Gasteiger partial charge in [0.1, 0.15) is 5.52 Å². The van der Waals surface area contributed by atoms with E-state index in [1.165, 1.54) is 0 Å². The van der Waals surface area contributed by atoms with E-state index >= 15 is 0 Å². The van der Waals surface area contributed by atoms with E-state index in [1.54, 1.807) is 12.4 Å². The molecule has 0 amide bonds. The third-order valence-corrected chi connectivity index (χ3v) is 4.34. The lowest BCUT2D eigenvalue weighted by Gasteiger charge is -2.06. The highest BCUT2D eigenvalue weighted by Crippen LogP contribution is 2.33. The summed E-state index contributed by atoms with van der Waals surface area (Å²) in [5.41, 5.74) is 6.41. The molecular formula is C20H15N5O. The summed E-state index contributed by atoms with van der Waals surface area (Å²) < 4.78 is 7.60. The number of fused-ring (bicyclic) bond motifs is 2. The van der Waals surface area contributed by atoms with Crippen molar-refractivity contribution in [1.29, 1.82) is 0 Å². The van der Waals surface area contributed by atoms with E-state index in [9.17, 15) is 0 Å². The fourth-order valence-corrected chi connectivity index (χ4v) is 3.25. The first-order chi connectivity index (χ1) is 12.7. The van der Waals surface area contributed by atoms with Gasteiger partial charge in [-0.15, -0.1) is 0 Å². The molecule has 0 radical (unpaired) electrons. The molecule has 6 heteroatoms. The Morgan fingerprint density at radius 1 is 0.923 bits per heavy atom. The van der Waals surface area contributed by atoms with Crippen molar-refractivity contribution in [2.45, 2.75) is 13.8 Å². The first kappa shape index (κ1) is 14.8. The van der Waals surface area contributed by atoms with E-state index in [1.807, 2.05) is 60.8 Å². The number of hydrogen-bond acceptors (Lipinski definition) is 5. The van der Waals surface area contributed by atoms with Crippen LogP contribution >= 0.6 is 0 Å². The molecule has 0 spiro atoms. The molecule has 4 heterocycles. The molecule has 4 aromatic heterocycles. The van der Waals surface area contributed by atoms with Gasteiger partial charge >= 0.3 is 0 Å². The van der Waals surface area contributed by atoms with E-state index < -0.39 is 0 Å². The lowest BCUT2D eigenvalue weighted by atomic mass is 10.0. The van der Waals surface area contributed by atoms with Crippen molar-refractivity contribution in [3.8, 4) is 22.5 Å². The summed E-state index contributed by atoms with van der Waals surface area (Å²) in [7, 11) is 0. The van der Waals surface area contributed by atoms with Crippen LogP contribution in [0.25, 0.3) is 39.4 Å². The smallest absolute Gasteiger partial charge is 0.234 e. The molecule has 0 saturated carbocycles. The zero-order chi connectivity index (χ0) is 17.7. The summed E-state index contributed by atoms with van der Waals surface area (Å²) in [6.45, 7) is 3.82. The van der Waals surface area contributed by atoms with Crippen molar-refractivity contribution in [2.24, 2.45) is 0 Å². The van der Waals surface area contributed by atoms with Crippen molar-refractivity contribution in [1.82, 2.24) is 24.3 Å². The second kappa shape index (κ2) is 5.49. The number of rotatable bonds is 2. The molecular weight excluding hydrogens is 326 g/mol. The minimum Gasteiger partial charge on any atom is -0.441 e. The SMILES string of the molecule is Cc1cc(-c2nc3ncccn3c2-c2ccc3oc(C)nc3c2)ccn1. The van der Waals surface area contributed by atoms with Crippen LogP contribution in [0, 0.1) is 13.8 Å². The second-order valence-corrected chi connectivity index (χ2v) is 6.20. The van der Waals surface area contributed by atoms with E-state index in [2.05, 4.69) is 15.0 Å². The average Bonchev–Trinajstić information content (AvgIpc) is 3.20. The number of imidazole rings is 1. The van der Waals surface area contributed by atoms with Gasteiger partial charge in [0, 0.05) is 42.3 Å². The first-order valence-corrected chi connectivity index (χ1v) is 8.33. The van der Waals surface area contributed by atoms with Crippen LogP contribution in [0.2, 0.25) is 0 Å². The molecule has 0 saturated heterocycles. The molecule has 0 unspecified atom stereocenters. The molecule has 0 atom stereocenters. The van der Waals surface area contributed by atoms with Gasteiger partial charge < -0.3 is 4.42 Å². The lowest BCUT2D eigenvalue weighted by molar-refractivity contribution is 0.561. The molecule has 0 bridgehead atoms. The molecule has 5 aromatic rings. The Hall–Kier alpha value is -3.54. The lowest BCUT2D eigenvalue weighted by Crippen LogP contribution is -1.91. The molecule has 26 heavy (non-hydrogen) atoms. The molecule has 1 aromatic carbocycles.